The third kappa shape index (κ3) is 15.2. The molecule has 17 heavy (non-hydrogen) atoms. The van der Waals surface area contributed by atoms with Crippen molar-refractivity contribution in [2.24, 2.45) is 0 Å². The molecule has 0 aliphatic carbocycles. The fourth-order valence-corrected chi connectivity index (χ4v) is 1.79. The Hall–Kier alpha value is -0.830. The van der Waals surface area contributed by atoms with E-state index >= 15 is 0 Å². The van der Waals surface area contributed by atoms with Crippen molar-refractivity contribution in [2.75, 3.05) is 6.61 Å². The smallest absolute Gasteiger partial charge is 0.303 e. The lowest BCUT2D eigenvalue weighted by atomic mass is 10.1. The number of unbranched alkanes of at least 4 members (excludes halogenated alkanes) is 8. The number of aliphatic carboxylic acids is 1. The van der Waals surface area contributed by atoms with Crippen molar-refractivity contribution in [1.82, 2.24) is 0 Å². The zero-order valence-corrected chi connectivity index (χ0v) is 10.7. The van der Waals surface area contributed by atoms with Gasteiger partial charge in [-0.15, -0.1) is 0 Å². The molecule has 100 valence electrons. The highest BCUT2D eigenvalue weighted by molar-refractivity contribution is 5.66. The van der Waals surface area contributed by atoms with Crippen molar-refractivity contribution < 1.29 is 15.0 Å². The minimum Gasteiger partial charge on any atom is -0.481 e. The molecular formula is C14H26O3. The van der Waals surface area contributed by atoms with E-state index in [1.54, 1.807) is 6.08 Å². The fourth-order valence-electron chi connectivity index (χ4n) is 1.79. The third-order valence-corrected chi connectivity index (χ3v) is 2.78. The van der Waals surface area contributed by atoms with Crippen molar-refractivity contribution in [3.05, 3.63) is 12.2 Å². The molecule has 2 N–H and O–H groups in total. The van der Waals surface area contributed by atoms with Crippen molar-refractivity contribution in [2.45, 2.75) is 64.2 Å². The van der Waals surface area contributed by atoms with Gasteiger partial charge in [-0.1, -0.05) is 50.7 Å². The molecule has 0 saturated heterocycles. The lowest BCUT2D eigenvalue weighted by Gasteiger charge is -2.00. The highest BCUT2D eigenvalue weighted by Gasteiger charge is 1.96. The average Bonchev–Trinajstić information content (AvgIpc) is 2.30. The van der Waals surface area contributed by atoms with Gasteiger partial charge in [0.25, 0.3) is 0 Å². The largest absolute Gasteiger partial charge is 0.481 e. The van der Waals surface area contributed by atoms with Crippen molar-refractivity contribution in [3.8, 4) is 0 Å². The van der Waals surface area contributed by atoms with Crippen LogP contribution in [0.15, 0.2) is 12.2 Å². The minimum absolute atomic E-state index is 0.149. The van der Waals surface area contributed by atoms with Gasteiger partial charge in [0.15, 0.2) is 0 Å². The number of aliphatic hydroxyl groups is 1. The number of hydrogen-bond acceptors (Lipinski definition) is 2. The molecular weight excluding hydrogens is 216 g/mol. The van der Waals surface area contributed by atoms with Gasteiger partial charge in [-0.2, -0.15) is 0 Å². The lowest BCUT2D eigenvalue weighted by Crippen LogP contribution is -1.93. The molecule has 0 rings (SSSR count). The number of carbonyl (C=O) groups is 1. The standard InChI is InChI=1S/C14H26O3/c15-13-11-9-7-5-3-1-2-4-6-8-10-12-14(16)17/h9,11,15H,1-8,10,12-13H2,(H,16,17)/b11-9+. The SMILES string of the molecule is O=C(O)CCCCCCCCCC/C=C/CO. The maximum absolute atomic E-state index is 10.3. The summed E-state index contributed by atoms with van der Waals surface area (Å²) in [5.74, 6) is -0.680. The van der Waals surface area contributed by atoms with E-state index in [1.807, 2.05) is 6.08 Å². The van der Waals surface area contributed by atoms with E-state index in [1.165, 1.54) is 32.1 Å². The van der Waals surface area contributed by atoms with E-state index in [4.69, 9.17) is 10.2 Å². The summed E-state index contributed by atoms with van der Waals surface area (Å²) in [7, 11) is 0. The second-order valence-corrected chi connectivity index (χ2v) is 4.41. The molecule has 3 heteroatoms. The predicted octanol–water partition coefficient (Wildman–Crippen LogP) is 3.52. The lowest BCUT2D eigenvalue weighted by molar-refractivity contribution is -0.137. The quantitative estimate of drug-likeness (QED) is 0.406. The molecule has 3 nitrogen and oxygen atoms in total. The van der Waals surface area contributed by atoms with Gasteiger partial charge < -0.3 is 10.2 Å². The number of allylic oxidation sites excluding steroid dienone is 1. The molecule has 0 aliphatic heterocycles. The van der Waals surface area contributed by atoms with Crippen LogP contribution in [0, 0.1) is 0 Å². The Morgan fingerprint density at radius 2 is 1.35 bits per heavy atom. The van der Waals surface area contributed by atoms with Crippen molar-refractivity contribution in [1.29, 1.82) is 0 Å². The molecule has 0 aromatic rings. The Balaban J connectivity index is 2.98. The van der Waals surface area contributed by atoms with Gasteiger partial charge >= 0.3 is 5.97 Å². The highest BCUT2D eigenvalue weighted by Crippen LogP contribution is 2.10. The number of carboxylic acids is 1. The molecule has 0 aromatic carbocycles. The summed E-state index contributed by atoms with van der Waals surface area (Å²) in [4.78, 5) is 10.3. The van der Waals surface area contributed by atoms with Crippen LogP contribution >= 0.6 is 0 Å². The second-order valence-electron chi connectivity index (χ2n) is 4.41. The van der Waals surface area contributed by atoms with Gasteiger partial charge in [-0.05, 0) is 19.3 Å². The third-order valence-electron chi connectivity index (χ3n) is 2.78. The Kier molecular flexibility index (Phi) is 12.6. The van der Waals surface area contributed by atoms with Crippen LogP contribution in [-0.4, -0.2) is 22.8 Å². The molecule has 0 saturated carbocycles. The minimum atomic E-state index is -0.680. The zero-order chi connectivity index (χ0) is 12.8. The number of aliphatic hydroxyl groups excluding tert-OH is 1. The van der Waals surface area contributed by atoms with E-state index in [9.17, 15) is 4.79 Å². The van der Waals surface area contributed by atoms with Gasteiger partial charge in [0, 0.05) is 6.42 Å². The summed E-state index contributed by atoms with van der Waals surface area (Å²) >= 11 is 0. The molecule has 0 bridgehead atoms. The van der Waals surface area contributed by atoms with Crippen LogP contribution in [0.4, 0.5) is 0 Å². The summed E-state index contributed by atoms with van der Waals surface area (Å²) < 4.78 is 0. The first kappa shape index (κ1) is 16.2. The Labute approximate surface area is 105 Å². The highest BCUT2D eigenvalue weighted by atomic mass is 16.4. The number of rotatable bonds is 12. The predicted molar refractivity (Wildman–Crippen MR) is 70.0 cm³/mol. The van der Waals surface area contributed by atoms with Crippen LogP contribution in [-0.2, 0) is 4.79 Å². The normalized spacial score (nSPS) is 11.1. The first-order valence-corrected chi connectivity index (χ1v) is 6.75. The maximum Gasteiger partial charge on any atom is 0.303 e. The van der Waals surface area contributed by atoms with Gasteiger partial charge in [-0.3, -0.25) is 4.79 Å². The molecule has 0 amide bonds. The fraction of sp³-hybridized carbons (Fsp3) is 0.786. The number of carboxylic acid groups (broad SMARTS) is 1. The molecule has 0 heterocycles. The second kappa shape index (κ2) is 13.2. The monoisotopic (exact) mass is 242 g/mol. The summed E-state index contributed by atoms with van der Waals surface area (Å²) in [5.41, 5.74) is 0. The molecule has 0 unspecified atom stereocenters. The van der Waals surface area contributed by atoms with Crippen LogP contribution in [0.3, 0.4) is 0 Å². The van der Waals surface area contributed by atoms with E-state index in [2.05, 4.69) is 0 Å². The summed E-state index contributed by atoms with van der Waals surface area (Å²) in [6, 6.07) is 0. The van der Waals surface area contributed by atoms with Gasteiger partial charge in [-0.25, -0.2) is 0 Å². The Bertz CT molecular complexity index is 200. The molecule has 0 spiro atoms. The summed E-state index contributed by atoms with van der Waals surface area (Å²) in [5, 5.41) is 17.0. The van der Waals surface area contributed by atoms with E-state index in [0.717, 1.165) is 25.7 Å². The molecule has 0 aliphatic rings. The molecule has 0 atom stereocenters. The first-order valence-electron chi connectivity index (χ1n) is 6.75. The Morgan fingerprint density at radius 3 is 1.88 bits per heavy atom. The van der Waals surface area contributed by atoms with Crippen LogP contribution in [0.5, 0.6) is 0 Å². The van der Waals surface area contributed by atoms with Crippen LogP contribution in [0.2, 0.25) is 0 Å². The zero-order valence-electron chi connectivity index (χ0n) is 10.7. The molecule has 0 fully saturated rings. The van der Waals surface area contributed by atoms with Crippen molar-refractivity contribution in [3.63, 3.8) is 0 Å². The number of hydrogen-bond donors (Lipinski definition) is 2. The van der Waals surface area contributed by atoms with Crippen LogP contribution in [0.25, 0.3) is 0 Å². The van der Waals surface area contributed by atoms with Gasteiger partial charge in [0.2, 0.25) is 0 Å². The molecule has 0 radical (unpaired) electrons. The molecule has 0 aromatic heterocycles. The van der Waals surface area contributed by atoms with E-state index in [-0.39, 0.29) is 6.61 Å². The first-order chi connectivity index (χ1) is 8.27. The van der Waals surface area contributed by atoms with Crippen LogP contribution in [0.1, 0.15) is 64.2 Å². The van der Waals surface area contributed by atoms with Crippen LogP contribution < -0.4 is 0 Å². The Morgan fingerprint density at radius 1 is 0.824 bits per heavy atom. The average molecular weight is 242 g/mol. The van der Waals surface area contributed by atoms with Gasteiger partial charge in [0.1, 0.15) is 0 Å². The summed E-state index contributed by atoms with van der Waals surface area (Å²) in [6.45, 7) is 0.149. The summed E-state index contributed by atoms with van der Waals surface area (Å²) in [6.07, 6.45) is 14.5. The maximum atomic E-state index is 10.3. The van der Waals surface area contributed by atoms with E-state index < -0.39 is 5.97 Å². The van der Waals surface area contributed by atoms with Crippen molar-refractivity contribution >= 4 is 5.97 Å². The van der Waals surface area contributed by atoms with E-state index in [0.29, 0.717) is 6.42 Å². The topological polar surface area (TPSA) is 57.5 Å². The van der Waals surface area contributed by atoms with Gasteiger partial charge in [0.05, 0.1) is 6.61 Å².